The van der Waals surface area contributed by atoms with E-state index in [0.29, 0.717) is 13.1 Å². The minimum Gasteiger partial charge on any atom is -0.550 e. The van der Waals surface area contributed by atoms with Crippen LogP contribution in [0.15, 0.2) is 36.6 Å². The second kappa shape index (κ2) is 14.6. The van der Waals surface area contributed by atoms with Crippen LogP contribution in [0.2, 0.25) is 0 Å². The summed E-state index contributed by atoms with van der Waals surface area (Å²) in [5.41, 5.74) is -2.51. The number of methoxy groups -OCH3 is 1. The summed E-state index contributed by atoms with van der Waals surface area (Å²) in [5, 5.41) is 74.6. The Kier molecular flexibility index (Phi) is 11.9. The van der Waals surface area contributed by atoms with Crippen LogP contribution in [0.25, 0.3) is 0 Å². The molecule has 3 aliphatic heterocycles. The third-order valence-electron chi connectivity index (χ3n) is 7.94. The number of esters is 1. The fraction of sp³-hybridized carbons (Fsp3) is 0.714. The van der Waals surface area contributed by atoms with Crippen LogP contribution in [-0.4, -0.2) is 131 Å². The van der Waals surface area contributed by atoms with E-state index in [1.165, 1.54) is 12.2 Å². The molecule has 2 saturated heterocycles. The van der Waals surface area contributed by atoms with Gasteiger partial charge in [0.25, 0.3) is 0 Å². The topological polar surface area (TPSA) is 229 Å². The van der Waals surface area contributed by atoms with E-state index in [1.807, 2.05) is 0 Å². The first kappa shape index (κ1) is 35.0. The fourth-order valence-corrected chi connectivity index (χ4v) is 5.73. The lowest BCUT2D eigenvalue weighted by molar-refractivity contribution is -0.911. The molecule has 0 aliphatic carbocycles. The average molecular weight is 618 g/mol. The van der Waals surface area contributed by atoms with E-state index < -0.39 is 84.7 Å². The van der Waals surface area contributed by atoms with Crippen LogP contribution in [0.4, 0.5) is 0 Å². The Morgan fingerprint density at radius 2 is 1.93 bits per heavy atom. The van der Waals surface area contributed by atoms with Crippen LogP contribution < -0.4 is 10.0 Å². The highest BCUT2D eigenvalue weighted by Crippen LogP contribution is 2.41. The number of quaternary nitrogens is 1. The zero-order chi connectivity index (χ0) is 32.1. The third kappa shape index (κ3) is 7.62. The highest BCUT2D eigenvalue weighted by molar-refractivity contribution is 5.91. The fourth-order valence-electron chi connectivity index (χ4n) is 5.73. The largest absolute Gasteiger partial charge is 0.550 e. The second-order valence-corrected chi connectivity index (χ2v) is 11.3. The van der Waals surface area contributed by atoms with Gasteiger partial charge in [-0.15, -0.1) is 6.58 Å². The number of rotatable bonds is 12. The maximum atomic E-state index is 12.7. The van der Waals surface area contributed by atoms with Crippen molar-refractivity contribution in [1.82, 2.24) is 0 Å². The lowest BCUT2D eigenvalue weighted by atomic mass is 9.77. The number of aliphatic hydroxyl groups excluding tert-OH is 3. The maximum Gasteiger partial charge on any atom is 0.340 e. The second-order valence-electron chi connectivity index (χ2n) is 11.3. The predicted octanol–water partition coefficient (Wildman–Crippen LogP) is -4.68. The molecular weight excluding hydrogens is 574 g/mol. The lowest BCUT2D eigenvalue weighted by Gasteiger charge is -2.48. The van der Waals surface area contributed by atoms with E-state index in [2.05, 4.69) is 6.58 Å². The number of ether oxygens (including phenoxy) is 5. The zero-order valence-corrected chi connectivity index (χ0v) is 24.4. The number of likely N-dealkylation sites (tertiary alicyclic amines) is 1. The van der Waals surface area contributed by atoms with E-state index in [0.717, 1.165) is 18.3 Å². The quantitative estimate of drug-likeness (QED) is 0.0621. The van der Waals surface area contributed by atoms with Gasteiger partial charge in [-0.05, 0) is 20.3 Å². The van der Waals surface area contributed by atoms with Crippen LogP contribution in [-0.2, 0) is 33.3 Å². The predicted molar refractivity (Wildman–Crippen MR) is 142 cm³/mol. The normalized spacial score (nSPS) is 37.9. The molecule has 15 nitrogen and oxygen atoms in total. The van der Waals surface area contributed by atoms with Crippen molar-refractivity contribution in [2.24, 2.45) is 17.8 Å². The van der Waals surface area contributed by atoms with Crippen LogP contribution in [0.3, 0.4) is 0 Å². The number of aliphatic carboxylic acids is 1. The summed E-state index contributed by atoms with van der Waals surface area (Å²) >= 11 is 0. The molecule has 15 heteroatoms. The molecule has 0 spiro atoms. The Bertz CT molecular complexity index is 1050. The highest BCUT2D eigenvalue weighted by atomic mass is 16.8. The number of aliphatic hydroxyl groups is 6. The number of carbonyl (C=O) groups excluding carboxylic acids is 2. The number of carbonyl (C=O) groups is 2. The molecule has 0 saturated carbocycles. The van der Waals surface area contributed by atoms with Gasteiger partial charge in [-0.3, -0.25) is 0 Å². The summed E-state index contributed by atoms with van der Waals surface area (Å²) < 4.78 is 27.6. The van der Waals surface area contributed by atoms with E-state index in [1.54, 1.807) is 19.9 Å². The molecular formula is C28H43NO14. The van der Waals surface area contributed by atoms with E-state index >= 15 is 0 Å². The van der Waals surface area contributed by atoms with Gasteiger partial charge >= 0.3 is 5.97 Å². The number of carboxylic acid groups (broad SMARTS) is 1. The number of carboxylic acids is 1. The average Bonchev–Trinajstić information content (AvgIpc) is 2.95. The van der Waals surface area contributed by atoms with Crippen molar-refractivity contribution in [3.05, 3.63) is 36.6 Å². The van der Waals surface area contributed by atoms with Gasteiger partial charge in [0.1, 0.15) is 36.2 Å². The van der Waals surface area contributed by atoms with Crippen molar-refractivity contribution in [2.75, 3.05) is 40.0 Å². The third-order valence-corrected chi connectivity index (χ3v) is 7.94. The van der Waals surface area contributed by atoms with Gasteiger partial charge < -0.3 is 69.1 Å². The molecule has 0 bridgehead atoms. The Balaban J connectivity index is 1.97. The molecule has 3 heterocycles. The first-order chi connectivity index (χ1) is 20.2. The zero-order valence-electron chi connectivity index (χ0n) is 24.4. The standard InChI is InChI=1S/C28H43NO14/c1-5-18-25(43-26-22(41-15(2)3)28(37,38)21(32)20(13-31)42-26)40-14-19(24(35)39-4)27(18,36)7-6-16-10-17(23(33)34)12-29(11-16)8-9-30/h5-7,14-18,20-22,25-26,30-32,36-38H,1,8-13H2,2-4H3,(H,33,34). The molecule has 0 amide bonds. The summed E-state index contributed by atoms with van der Waals surface area (Å²) in [6.07, 6.45) is -3.72. The van der Waals surface area contributed by atoms with Crippen molar-refractivity contribution in [3.63, 3.8) is 0 Å². The van der Waals surface area contributed by atoms with Crippen molar-refractivity contribution in [1.29, 1.82) is 0 Å². The smallest absolute Gasteiger partial charge is 0.340 e. The van der Waals surface area contributed by atoms with Gasteiger partial charge in [-0.2, -0.15) is 0 Å². The van der Waals surface area contributed by atoms with Gasteiger partial charge in [-0.1, -0.05) is 18.2 Å². The summed E-state index contributed by atoms with van der Waals surface area (Å²) in [7, 11) is 1.10. The van der Waals surface area contributed by atoms with Crippen LogP contribution >= 0.6 is 0 Å². The molecule has 0 aromatic carbocycles. The van der Waals surface area contributed by atoms with Gasteiger partial charge in [0.2, 0.25) is 12.1 Å². The van der Waals surface area contributed by atoms with Crippen molar-refractivity contribution in [3.8, 4) is 0 Å². The Labute approximate surface area is 249 Å². The Hall–Kier alpha value is -2.44. The Morgan fingerprint density at radius 1 is 1.23 bits per heavy atom. The van der Waals surface area contributed by atoms with Crippen LogP contribution in [0.5, 0.6) is 0 Å². The van der Waals surface area contributed by atoms with Crippen molar-refractivity contribution >= 4 is 11.9 Å². The SMILES string of the molecule is C=CC1C(OC2OC(CO)C(O)C(O)(O)C2OC(C)C)OC=C(C(=O)OC)C1(O)C=CC1CC(C(=O)[O-])C[NH+](CCO)C1. The maximum absolute atomic E-state index is 12.7. The number of piperidine rings is 1. The van der Waals surface area contributed by atoms with E-state index in [-0.39, 0.29) is 25.1 Å². The number of hydrogen-bond donors (Lipinski definition) is 7. The summed E-state index contributed by atoms with van der Waals surface area (Å²) in [6, 6.07) is 0. The van der Waals surface area contributed by atoms with Gasteiger partial charge in [0.05, 0.1) is 51.4 Å². The minimum absolute atomic E-state index is 0.151. The van der Waals surface area contributed by atoms with Crippen molar-refractivity contribution in [2.45, 2.75) is 68.7 Å². The van der Waals surface area contributed by atoms with Crippen molar-refractivity contribution < 1.29 is 73.9 Å². The highest BCUT2D eigenvalue weighted by Gasteiger charge is 2.58. The number of nitrogens with one attached hydrogen (secondary N) is 1. The molecule has 10 atom stereocenters. The van der Waals surface area contributed by atoms with E-state index in [4.69, 9.17) is 23.7 Å². The molecule has 0 aromatic heterocycles. The molecule has 7 N–H and O–H groups in total. The molecule has 0 aromatic rings. The van der Waals surface area contributed by atoms with Crippen LogP contribution in [0.1, 0.15) is 20.3 Å². The molecule has 0 radical (unpaired) electrons. The first-order valence-corrected chi connectivity index (χ1v) is 14.1. The Morgan fingerprint density at radius 3 is 2.49 bits per heavy atom. The van der Waals surface area contributed by atoms with Gasteiger partial charge in [0.15, 0.2) is 12.4 Å². The van der Waals surface area contributed by atoms with Crippen LogP contribution in [0, 0.1) is 17.8 Å². The molecule has 3 rings (SSSR count). The lowest BCUT2D eigenvalue weighted by Crippen LogP contribution is -3.15. The summed E-state index contributed by atoms with van der Waals surface area (Å²) in [4.78, 5) is 25.2. The summed E-state index contributed by atoms with van der Waals surface area (Å²) in [5.74, 6) is -7.56. The minimum atomic E-state index is -2.93. The molecule has 43 heavy (non-hydrogen) atoms. The molecule has 3 aliphatic rings. The van der Waals surface area contributed by atoms with E-state index in [9.17, 15) is 45.3 Å². The molecule has 10 unspecified atom stereocenters. The molecule has 2 fully saturated rings. The summed E-state index contributed by atoms with van der Waals surface area (Å²) in [6.45, 7) is 6.99. The van der Waals surface area contributed by atoms with Gasteiger partial charge in [0, 0.05) is 11.8 Å². The van der Waals surface area contributed by atoms with Gasteiger partial charge in [-0.25, -0.2) is 4.79 Å². The molecule has 244 valence electrons. The first-order valence-electron chi connectivity index (χ1n) is 14.1. The number of hydrogen-bond acceptors (Lipinski definition) is 14. The monoisotopic (exact) mass is 617 g/mol.